The highest BCUT2D eigenvalue weighted by molar-refractivity contribution is 6.36. The maximum Gasteiger partial charge on any atom is 0.166 e. The topological polar surface area (TPSA) is 78.0 Å². The molecule has 0 bridgehead atoms. The lowest BCUT2D eigenvalue weighted by Crippen LogP contribution is -2.46. The Bertz CT molecular complexity index is 1170. The highest BCUT2D eigenvalue weighted by Crippen LogP contribution is 2.53. The maximum absolute atomic E-state index is 13.9. The summed E-state index contributed by atoms with van der Waals surface area (Å²) in [5, 5.41) is 8.32. The number of benzene rings is 1. The van der Waals surface area contributed by atoms with Gasteiger partial charge in [-0.25, -0.2) is 9.37 Å². The third-order valence-corrected chi connectivity index (χ3v) is 7.70. The smallest absolute Gasteiger partial charge is 0.166 e. The van der Waals surface area contributed by atoms with Gasteiger partial charge in [-0.05, 0) is 69.3 Å². The number of piperidine rings is 1. The number of nitrogens with two attached hydrogens (primary N) is 1. The standard InChI is InChI=1S/C24H26Cl2FN5O/c1-14(21-18(25)2-3-19(27)22(21)26)33-20-8-15(11-30-23(20)28)16-12-31-32(13-16)17-9-24(10-17)4-6-29-7-5-24/h2-3,8,11-14,17,29H,4-7,9-10H2,1H3,(H2,28,30)/t14-/m0/s1. The van der Waals surface area contributed by atoms with Crippen molar-refractivity contribution in [2.45, 2.75) is 44.8 Å². The van der Waals surface area contributed by atoms with Gasteiger partial charge in [0.25, 0.3) is 0 Å². The summed E-state index contributed by atoms with van der Waals surface area (Å²) in [6.07, 6.45) is 9.82. The third-order valence-electron chi connectivity index (χ3n) is 6.98. The second-order valence-corrected chi connectivity index (χ2v) is 9.93. The molecule has 5 rings (SSSR count). The Morgan fingerprint density at radius 2 is 1.97 bits per heavy atom. The summed E-state index contributed by atoms with van der Waals surface area (Å²) < 4.78 is 22.0. The maximum atomic E-state index is 13.9. The average molecular weight is 490 g/mol. The van der Waals surface area contributed by atoms with Gasteiger partial charge in [0.2, 0.25) is 0 Å². The van der Waals surface area contributed by atoms with Crippen molar-refractivity contribution in [3.8, 4) is 16.9 Å². The molecule has 1 atom stereocenters. The molecule has 3 heterocycles. The minimum absolute atomic E-state index is 0.0639. The molecule has 1 spiro atoms. The average Bonchev–Trinajstić information content (AvgIpc) is 3.27. The summed E-state index contributed by atoms with van der Waals surface area (Å²) in [6.45, 7) is 3.97. The number of halogens is 3. The number of nitrogens with zero attached hydrogens (tertiary/aromatic N) is 3. The van der Waals surface area contributed by atoms with E-state index in [1.54, 1.807) is 13.1 Å². The SMILES string of the molecule is C[C@H](Oc1cc(-c2cnn(C3CC4(CCNCC4)C3)c2)cnc1N)c1c(Cl)ccc(F)c1Cl. The molecule has 33 heavy (non-hydrogen) atoms. The monoisotopic (exact) mass is 489 g/mol. The first-order valence-electron chi connectivity index (χ1n) is 11.2. The van der Waals surface area contributed by atoms with Crippen molar-refractivity contribution in [1.29, 1.82) is 0 Å². The van der Waals surface area contributed by atoms with Crippen LogP contribution < -0.4 is 15.8 Å². The number of nitrogen functional groups attached to an aromatic ring is 1. The second kappa shape index (κ2) is 8.78. The number of nitrogens with one attached hydrogen (secondary N) is 1. The lowest BCUT2D eigenvalue weighted by molar-refractivity contribution is 0.0230. The third kappa shape index (κ3) is 4.29. The van der Waals surface area contributed by atoms with Crippen LogP contribution >= 0.6 is 23.2 Å². The van der Waals surface area contributed by atoms with Crippen molar-refractivity contribution in [2.75, 3.05) is 18.8 Å². The zero-order valence-electron chi connectivity index (χ0n) is 18.3. The van der Waals surface area contributed by atoms with Crippen molar-refractivity contribution in [3.05, 3.63) is 58.2 Å². The van der Waals surface area contributed by atoms with E-state index < -0.39 is 11.9 Å². The van der Waals surface area contributed by atoms with Crippen LogP contribution in [0.25, 0.3) is 11.1 Å². The largest absolute Gasteiger partial charge is 0.482 e. The number of pyridine rings is 1. The number of anilines is 1. The highest BCUT2D eigenvalue weighted by atomic mass is 35.5. The fourth-order valence-electron chi connectivity index (χ4n) is 5.05. The number of ether oxygens (including phenoxy) is 1. The first-order chi connectivity index (χ1) is 15.8. The quantitative estimate of drug-likeness (QED) is 0.441. The van der Waals surface area contributed by atoms with Gasteiger partial charge < -0.3 is 15.8 Å². The number of hydrogen-bond donors (Lipinski definition) is 2. The Morgan fingerprint density at radius 1 is 1.21 bits per heavy atom. The molecular formula is C24H26Cl2FN5O. The van der Waals surface area contributed by atoms with Gasteiger partial charge in [-0.1, -0.05) is 23.2 Å². The Hall–Kier alpha value is -2.35. The van der Waals surface area contributed by atoms with Gasteiger partial charge in [0.05, 0.1) is 17.3 Å². The van der Waals surface area contributed by atoms with Crippen molar-refractivity contribution >= 4 is 29.0 Å². The van der Waals surface area contributed by atoms with Crippen LogP contribution in [0.1, 0.15) is 50.3 Å². The minimum Gasteiger partial charge on any atom is -0.482 e. The van der Waals surface area contributed by atoms with E-state index >= 15 is 0 Å². The number of rotatable bonds is 5. The predicted octanol–water partition coefficient (Wildman–Crippen LogP) is 5.82. The van der Waals surface area contributed by atoms with Crippen molar-refractivity contribution in [3.63, 3.8) is 0 Å². The zero-order valence-corrected chi connectivity index (χ0v) is 19.8. The van der Waals surface area contributed by atoms with E-state index in [1.807, 2.05) is 12.3 Å². The van der Waals surface area contributed by atoms with Crippen LogP contribution in [0.5, 0.6) is 5.75 Å². The Kier molecular flexibility index (Phi) is 5.97. The molecule has 1 aliphatic heterocycles. The lowest BCUT2D eigenvalue weighted by atomic mass is 9.60. The molecule has 1 saturated heterocycles. The normalized spacial score (nSPS) is 18.8. The Balaban J connectivity index is 1.33. The number of hydrogen-bond acceptors (Lipinski definition) is 5. The predicted molar refractivity (Wildman–Crippen MR) is 128 cm³/mol. The van der Waals surface area contributed by atoms with Crippen molar-refractivity contribution in [1.82, 2.24) is 20.1 Å². The molecule has 9 heteroatoms. The lowest BCUT2D eigenvalue weighted by Gasteiger charge is -2.50. The van der Waals surface area contributed by atoms with E-state index in [4.69, 9.17) is 33.7 Å². The van der Waals surface area contributed by atoms with Crippen molar-refractivity contribution in [2.24, 2.45) is 5.41 Å². The minimum atomic E-state index is -0.626. The van der Waals surface area contributed by atoms with Crippen molar-refractivity contribution < 1.29 is 9.13 Å². The van der Waals surface area contributed by atoms with Gasteiger partial charge in [0.15, 0.2) is 11.6 Å². The second-order valence-electron chi connectivity index (χ2n) is 9.15. The summed E-state index contributed by atoms with van der Waals surface area (Å²) in [5.74, 6) is 0.0518. The Morgan fingerprint density at radius 3 is 2.73 bits per heavy atom. The van der Waals surface area contributed by atoms with Crippen LogP contribution in [-0.4, -0.2) is 27.9 Å². The molecule has 0 radical (unpaired) electrons. The van der Waals surface area contributed by atoms with Gasteiger partial charge in [-0.3, -0.25) is 4.68 Å². The van der Waals surface area contributed by atoms with Gasteiger partial charge in [-0.15, -0.1) is 0 Å². The summed E-state index contributed by atoms with van der Waals surface area (Å²) >= 11 is 12.4. The van der Waals surface area contributed by atoms with Gasteiger partial charge >= 0.3 is 0 Å². The first kappa shape index (κ1) is 22.4. The van der Waals surface area contributed by atoms with Crippen LogP contribution in [0.15, 0.2) is 36.8 Å². The summed E-state index contributed by atoms with van der Waals surface area (Å²) in [4.78, 5) is 4.29. The van der Waals surface area contributed by atoms with E-state index in [0.29, 0.717) is 27.8 Å². The van der Waals surface area contributed by atoms with E-state index in [1.165, 1.54) is 37.8 Å². The molecule has 2 fully saturated rings. The van der Waals surface area contributed by atoms with Crippen LogP contribution in [0.3, 0.4) is 0 Å². The molecule has 0 unspecified atom stereocenters. The fourth-order valence-corrected chi connectivity index (χ4v) is 5.73. The molecule has 2 aromatic heterocycles. The highest BCUT2D eigenvalue weighted by Gasteiger charge is 2.45. The summed E-state index contributed by atoms with van der Waals surface area (Å²) in [5.41, 5.74) is 8.69. The zero-order chi connectivity index (χ0) is 23.2. The molecule has 0 amide bonds. The number of aromatic nitrogens is 3. The van der Waals surface area contributed by atoms with Gasteiger partial charge in [-0.2, -0.15) is 5.10 Å². The molecule has 3 aromatic rings. The van der Waals surface area contributed by atoms with E-state index in [0.717, 1.165) is 24.2 Å². The summed E-state index contributed by atoms with van der Waals surface area (Å²) in [7, 11) is 0. The van der Waals surface area contributed by atoms with Crippen LogP contribution in [-0.2, 0) is 0 Å². The molecule has 3 N–H and O–H groups in total. The molecule has 1 aliphatic carbocycles. The molecular weight excluding hydrogens is 464 g/mol. The fraction of sp³-hybridized carbons (Fsp3) is 0.417. The molecule has 1 aromatic carbocycles. The van der Waals surface area contributed by atoms with Crippen LogP contribution in [0, 0.1) is 11.2 Å². The van der Waals surface area contributed by atoms with E-state index in [9.17, 15) is 4.39 Å². The van der Waals surface area contributed by atoms with Crippen LogP contribution in [0.2, 0.25) is 10.0 Å². The molecule has 6 nitrogen and oxygen atoms in total. The summed E-state index contributed by atoms with van der Waals surface area (Å²) in [6, 6.07) is 4.94. The Labute approximate surface area is 202 Å². The molecule has 1 saturated carbocycles. The first-order valence-corrected chi connectivity index (χ1v) is 11.9. The molecule has 2 aliphatic rings. The van der Waals surface area contributed by atoms with Gasteiger partial charge in [0.1, 0.15) is 11.9 Å². The van der Waals surface area contributed by atoms with E-state index in [2.05, 4.69) is 26.3 Å². The van der Waals surface area contributed by atoms with Gasteiger partial charge in [0, 0.05) is 34.1 Å². The van der Waals surface area contributed by atoms with Crippen LogP contribution in [0.4, 0.5) is 10.2 Å². The molecule has 174 valence electrons. The van der Waals surface area contributed by atoms with E-state index in [-0.39, 0.29) is 10.8 Å².